The summed E-state index contributed by atoms with van der Waals surface area (Å²) in [7, 11) is 0. The van der Waals surface area contributed by atoms with Gasteiger partial charge in [0.1, 0.15) is 0 Å². The Bertz CT molecular complexity index is 440. The van der Waals surface area contributed by atoms with E-state index in [1.54, 1.807) is 0 Å². The van der Waals surface area contributed by atoms with Gasteiger partial charge in [-0.1, -0.05) is 0 Å². The molecule has 0 atom stereocenters. The summed E-state index contributed by atoms with van der Waals surface area (Å²) in [5.74, 6) is 0.487. The highest BCUT2D eigenvalue weighted by atomic mass is 16.1. The van der Waals surface area contributed by atoms with Gasteiger partial charge in [0.15, 0.2) is 0 Å². The van der Waals surface area contributed by atoms with E-state index in [2.05, 4.69) is 14.9 Å². The number of primary amides is 1. The fraction of sp³-hybridized carbons (Fsp3) is 0.583. The highest BCUT2D eigenvalue weighted by Crippen LogP contribution is 2.20. The molecule has 6 nitrogen and oxygen atoms in total. The first-order chi connectivity index (χ1) is 8.60. The molecular weight excluding hydrogens is 230 g/mol. The molecule has 1 aromatic rings. The lowest BCUT2D eigenvalue weighted by atomic mass is 9.96. The van der Waals surface area contributed by atoms with Gasteiger partial charge >= 0.3 is 0 Å². The molecule has 1 aliphatic rings. The number of nitrogens with zero attached hydrogens (tertiary/aromatic N) is 3. The van der Waals surface area contributed by atoms with Crippen LogP contribution in [0, 0.1) is 12.8 Å². The summed E-state index contributed by atoms with van der Waals surface area (Å²) >= 11 is 0. The van der Waals surface area contributed by atoms with Crippen molar-refractivity contribution in [1.29, 1.82) is 0 Å². The van der Waals surface area contributed by atoms with Crippen LogP contribution in [0.2, 0.25) is 0 Å². The SMILES string of the molecule is Cc1cc(CN)nc(N2CCC(C(N)=O)CC2)n1. The van der Waals surface area contributed by atoms with E-state index in [0.717, 1.165) is 37.3 Å². The third kappa shape index (κ3) is 2.76. The Morgan fingerprint density at radius 2 is 2.11 bits per heavy atom. The summed E-state index contributed by atoms with van der Waals surface area (Å²) in [5.41, 5.74) is 12.7. The molecule has 0 unspecified atom stereocenters. The Kier molecular flexibility index (Phi) is 3.76. The lowest BCUT2D eigenvalue weighted by Crippen LogP contribution is -2.39. The molecule has 1 aromatic heterocycles. The van der Waals surface area contributed by atoms with Crippen LogP contribution in [0.1, 0.15) is 24.2 Å². The lowest BCUT2D eigenvalue weighted by Gasteiger charge is -2.30. The predicted molar refractivity (Wildman–Crippen MR) is 68.8 cm³/mol. The second-order valence-electron chi connectivity index (χ2n) is 4.67. The van der Waals surface area contributed by atoms with Crippen LogP contribution >= 0.6 is 0 Å². The first-order valence-electron chi connectivity index (χ1n) is 6.19. The molecule has 2 heterocycles. The molecule has 0 bridgehead atoms. The summed E-state index contributed by atoms with van der Waals surface area (Å²) in [6.45, 7) is 3.87. The molecule has 6 heteroatoms. The Morgan fingerprint density at radius 3 is 2.67 bits per heavy atom. The third-order valence-electron chi connectivity index (χ3n) is 3.28. The Labute approximate surface area is 106 Å². The fourth-order valence-corrected chi connectivity index (χ4v) is 2.23. The minimum atomic E-state index is -0.206. The van der Waals surface area contributed by atoms with E-state index < -0.39 is 0 Å². The Hall–Kier alpha value is -1.69. The number of piperidine rings is 1. The standard InChI is InChI=1S/C12H19N5O/c1-8-6-10(7-13)16-12(15-8)17-4-2-9(3-5-17)11(14)18/h6,9H,2-5,7,13H2,1H3,(H2,14,18). The number of amides is 1. The molecule has 1 amide bonds. The van der Waals surface area contributed by atoms with Crippen molar-refractivity contribution in [3.63, 3.8) is 0 Å². The van der Waals surface area contributed by atoms with E-state index in [9.17, 15) is 4.79 Å². The van der Waals surface area contributed by atoms with Crippen molar-refractivity contribution in [1.82, 2.24) is 9.97 Å². The Morgan fingerprint density at radius 1 is 1.44 bits per heavy atom. The van der Waals surface area contributed by atoms with Crippen LogP contribution in [0.25, 0.3) is 0 Å². The monoisotopic (exact) mass is 249 g/mol. The zero-order chi connectivity index (χ0) is 13.1. The van der Waals surface area contributed by atoms with Crippen LogP contribution in [0.15, 0.2) is 6.07 Å². The van der Waals surface area contributed by atoms with Crippen molar-refractivity contribution in [2.24, 2.45) is 17.4 Å². The number of aryl methyl sites for hydroxylation is 1. The van der Waals surface area contributed by atoms with Crippen LogP contribution in [0.4, 0.5) is 5.95 Å². The maximum atomic E-state index is 11.1. The molecule has 18 heavy (non-hydrogen) atoms. The number of nitrogens with two attached hydrogens (primary N) is 2. The van der Waals surface area contributed by atoms with Gasteiger partial charge < -0.3 is 16.4 Å². The average Bonchev–Trinajstić information content (AvgIpc) is 2.38. The highest BCUT2D eigenvalue weighted by molar-refractivity contribution is 5.76. The van der Waals surface area contributed by atoms with E-state index >= 15 is 0 Å². The van der Waals surface area contributed by atoms with Crippen molar-refractivity contribution in [3.05, 3.63) is 17.5 Å². The second-order valence-corrected chi connectivity index (χ2v) is 4.67. The van der Waals surface area contributed by atoms with Crippen molar-refractivity contribution in [2.75, 3.05) is 18.0 Å². The Balaban J connectivity index is 2.09. The number of hydrogen-bond donors (Lipinski definition) is 2. The zero-order valence-electron chi connectivity index (χ0n) is 10.6. The lowest BCUT2D eigenvalue weighted by molar-refractivity contribution is -0.122. The quantitative estimate of drug-likeness (QED) is 0.782. The van der Waals surface area contributed by atoms with Gasteiger partial charge in [-0.3, -0.25) is 4.79 Å². The molecule has 1 saturated heterocycles. The van der Waals surface area contributed by atoms with Crippen LogP contribution in [-0.4, -0.2) is 29.0 Å². The molecule has 0 spiro atoms. The van der Waals surface area contributed by atoms with Crippen molar-refractivity contribution in [2.45, 2.75) is 26.3 Å². The summed E-state index contributed by atoms with van der Waals surface area (Å²) in [4.78, 5) is 22.0. The topological polar surface area (TPSA) is 98.1 Å². The predicted octanol–water partition coefficient (Wildman–Crippen LogP) is -0.0546. The molecule has 98 valence electrons. The van der Waals surface area contributed by atoms with E-state index in [-0.39, 0.29) is 11.8 Å². The van der Waals surface area contributed by atoms with Crippen molar-refractivity contribution < 1.29 is 4.79 Å². The first-order valence-corrected chi connectivity index (χ1v) is 6.19. The summed E-state index contributed by atoms with van der Waals surface area (Å²) in [6.07, 6.45) is 1.54. The van der Waals surface area contributed by atoms with Crippen LogP contribution in [0.3, 0.4) is 0 Å². The van der Waals surface area contributed by atoms with Gasteiger partial charge in [0.05, 0.1) is 5.69 Å². The highest BCUT2D eigenvalue weighted by Gasteiger charge is 2.24. The first kappa shape index (κ1) is 12.8. The molecular formula is C12H19N5O. The average molecular weight is 249 g/mol. The molecule has 0 saturated carbocycles. The van der Waals surface area contributed by atoms with Crippen LogP contribution < -0.4 is 16.4 Å². The van der Waals surface area contributed by atoms with Crippen LogP contribution in [-0.2, 0) is 11.3 Å². The molecule has 1 aliphatic heterocycles. The van der Waals surface area contributed by atoms with Gasteiger partial charge in [-0.25, -0.2) is 9.97 Å². The van der Waals surface area contributed by atoms with E-state index in [1.165, 1.54) is 0 Å². The van der Waals surface area contributed by atoms with E-state index in [4.69, 9.17) is 11.5 Å². The van der Waals surface area contributed by atoms with Crippen LogP contribution in [0.5, 0.6) is 0 Å². The molecule has 0 aliphatic carbocycles. The van der Waals surface area contributed by atoms with Crippen molar-refractivity contribution in [3.8, 4) is 0 Å². The number of carbonyl (C=O) groups excluding carboxylic acids is 1. The largest absolute Gasteiger partial charge is 0.369 e. The summed E-state index contributed by atoms with van der Waals surface area (Å²) in [5, 5.41) is 0. The number of rotatable bonds is 3. The smallest absolute Gasteiger partial charge is 0.225 e. The minimum absolute atomic E-state index is 0.0139. The molecule has 0 aromatic carbocycles. The minimum Gasteiger partial charge on any atom is -0.369 e. The summed E-state index contributed by atoms with van der Waals surface area (Å²) in [6, 6.07) is 1.89. The molecule has 1 fully saturated rings. The van der Waals surface area contributed by atoms with E-state index in [0.29, 0.717) is 12.5 Å². The maximum absolute atomic E-state index is 11.1. The van der Waals surface area contributed by atoms with E-state index in [1.807, 2.05) is 13.0 Å². The molecule has 0 radical (unpaired) electrons. The van der Waals surface area contributed by atoms with Crippen molar-refractivity contribution >= 4 is 11.9 Å². The van der Waals surface area contributed by atoms with Gasteiger partial charge in [0.25, 0.3) is 0 Å². The normalized spacial score (nSPS) is 16.9. The van der Waals surface area contributed by atoms with Gasteiger partial charge in [0, 0.05) is 31.2 Å². The summed E-state index contributed by atoms with van der Waals surface area (Å²) < 4.78 is 0. The molecule has 2 rings (SSSR count). The fourth-order valence-electron chi connectivity index (χ4n) is 2.23. The number of aromatic nitrogens is 2. The third-order valence-corrected chi connectivity index (χ3v) is 3.28. The number of hydrogen-bond acceptors (Lipinski definition) is 5. The molecule has 4 N–H and O–H groups in total. The zero-order valence-corrected chi connectivity index (χ0v) is 10.6. The number of anilines is 1. The van der Waals surface area contributed by atoms with Gasteiger partial charge in [0.2, 0.25) is 11.9 Å². The van der Waals surface area contributed by atoms with Gasteiger partial charge in [-0.2, -0.15) is 0 Å². The number of carbonyl (C=O) groups is 1. The second kappa shape index (κ2) is 5.30. The van der Waals surface area contributed by atoms with Gasteiger partial charge in [-0.05, 0) is 25.8 Å². The maximum Gasteiger partial charge on any atom is 0.225 e. The van der Waals surface area contributed by atoms with Gasteiger partial charge in [-0.15, -0.1) is 0 Å².